The summed E-state index contributed by atoms with van der Waals surface area (Å²) in [5, 5.41) is 2.93. The largest absolute Gasteiger partial charge is 0.497 e. The maximum absolute atomic E-state index is 12.5. The molecule has 3 heteroatoms. The number of hydrogen-bond donors (Lipinski definition) is 1. The van der Waals surface area contributed by atoms with E-state index in [-0.39, 0.29) is 18.2 Å². The Morgan fingerprint density at radius 3 is 2.19 bits per heavy atom. The molecule has 0 saturated heterocycles. The third kappa shape index (κ3) is 5.49. The van der Waals surface area contributed by atoms with Crippen molar-refractivity contribution in [3.8, 4) is 17.6 Å². The highest BCUT2D eigenvalue weighted by Gasteiger charge is 2.14. The number of amides is 1. The normalized spacial score (nSPS) is 11.0. The van der Waals surface area contributed by atoms with Crippen LogP contribution in [0.25, 0.3) is 0 Å². The van der Waals surface area contributed by atoms with Crippen molar-refractivity contribution < 1.29 is 9.53 Å². The second kappa shape index (κ2) is 9.26. The van der Waals surface area contributed by atoms with Gasteiger partial charge in [-0.3, -0.25) is 4.79 Å². The van der Waals surface area contributed by atoms with Crippen molar-refractivity contribution in [2.45, 2.75) is 12.3 Å². The Bertz CT molecular complexity index is 923. The van der Waals surface area contributed by atoms with Crippen LogP contribution in [0.2, 0.25) is 0 Å². The van der Waals surface area contributed by atoms with Crippen LogP contribution in [-0.4, -0.2) is 13.0 Å². The molecular weight excluding hydrogens is 334 g/mol. The molecule has 1 amide bonds. The molecule has 0 heterocycles. The molecule has 0 aliphatic heterocycles. The summed E-state index contributed by atoms with van der Waals surface area (Å²) in [5.41, 5.74) is 2.70. The van der Waals surface area contributed by atoms with Crippen LogP contribution >= 0.6 is 0 Å². The average molecular weight is 355 g/mol. The zero-order valence-electron chi connectivity index (χ0n) is 15.2. The lowest BCUT2D eigenvalue weighted by atomic mass is 9.95. The van der Waals surface area contributed by atoms with Crippen LogP contribution in [0.4, 0.5) is 5.69 Å². The van der Waals surface area contributed by atoms with Crippen LogP contribution in [0.5, 0.6) is 5.75 Å². The minimum atomic E-state index is -0.208. The highest BCUT2D eigenvalue weighted by Crippen LogP contribution is 2.23. The van der Waals surface area contributed by atoms with E-state index in [1.54, 1.807) is 7.11 Å². The summed E-state index contributed by atoms with van der Waals surface area (Å²) in [5.74, 6) is 6.94. The van der Waals surface area contributed by atoms with Gasteiger partial charge in [0, 0.05) is 17.7 Å². The van der Waals surface area contributed by atoms with Gasteiger partial charge in [-0.25, -0.2) is 0 Å². The molecule has 0 aromatic heterocycles. The van der Waals surface area contributed by atoms with Crippen molar-refractivity contribution in [2.75, 3.05) is 12.4 Å². The minimum absolute atomic E-state index is 0.0654. The third-order valence-corrected chi connectivity index (χ3v) is 4.13. The van der Waals surface area contributed by atoms with Crippen molar-refractivity contribution in [3.05, 3.63) is 96.1 Å². The Kier molecular flexibility index (Phi) is 6.27. The quantitative estimate of drug-likeness (QED) is 0.664. The molecule has 3 nitrogen and oxygen atoms in total. The number of hydrogen-bond acceptors (Lipinski definition) is 2. The van der Waals surface area contributed by atoms with E-state index < -0.39 is 0 Å². The molecule has 3 rings (SSSR count). The summed E-state index contributed by atoms with van der Waals surface area (Å²) in [4.78, 5) is 12.5. The fourth-order valence-corrected chi connectivity index (χ4v) is 2.70. The van der Waals surface area contributed by atoms with Crippen LogP contribution in [0.1, 0.15) is 23.5 Å². The van der Waals surface area contributed by atoms with Crippen LogP contribution in [-0.2, 0) is 4.79 Å². The molecule has 1 atom stereocenters. The summed E-state index contributed by atoms with van der Waals surface area (Å²) in [6.07, 6.45) is 0.279. The zero-order chi connectivity index (χ0) is 18.9. The number of benzene rings is 3. The topological polar surface area (TPSA) is 38.3 Å². The molecule has 3 aromatic carbocycles. The van der Waals surface area contributed by atoms with Crippen LogP contribution in [0.15, 0.2) is 84.9 Å². The van der Waals surface area contributed by atoms with Gasteiger partial charge < -0.3 is 10.1 Å². The number of nitrogens with one attached hydrogen (secondary N) is 1. The third-order valence-electron chi connectivity index (χ3n) is 4.13. The highest BCUT2D eigenvalue weighted by atomic mass is 16.5. The maximum atomic E-state index is 12.5. The highest BCUT2D eigenvalue weighted by molar-refractivity contribution is 5.91. The Morgan fingerprint density at radius 1 is 0.926 bits per heavy atom. The molecule has 0 bridgehead atoms. The summed E-state index contributed by atoms with van der Waals surface area (Å²) >= 11 is 0. The molecule has 27 heavy (non-hydrogen) atoms. The fourth-order valence-electron chi connectivity index (χ4n) is 2.70. The number of anilines is 1. The number of carbonyl (C=O) groups excluding carboxylic acids is 1. The lowest BCUT2D eigenvalue weighted by molar-refractivity contribution is -0.116. The zero-order valence-corrected chi connectivity index (χ0v) is 15.2. The summed E-state index contributed by atoms with van der Waals surface area (Å²) in [6.45, 7) is 0. The molecular formula is C24H21NO2. The summed E-state index contributed by atoms with van der Waals surface area (Å²) in [6, 6.07) is 26.9. The molecule has 134 valence electrons. The molecule has 0 unspecified atom stereocenters. The van der Waals surface area contributed by atoms with Gasteiger partial charge in [-0.05, 0) is 42.0 Å². The van der Waals surface area contributed by atoms with E-state index in [0.29, 0.717) is 0 Å². The van der Waals surface area contributed by atoms with Crippen LogP contribution < -0.4 is 10.1 Å². The van der Waals surface area contributed by atoms with Gasteiger partial charge in [0.25, 0.3) is 0 Å². The SMILES string of the molecule is COc1ccc([C@H](C#Cc2ccccc2)CC(=O)Nc2ccccc2)cc1. The predicted octanol–water partition coefficient (Wildman–Crippen LogP) is 4.86. The van der Waals surface area contributed by atoms with Gasteiger partial charge in [-0.2, -0.15) is 0 Å². The Labute approximate surface area is 160 Å². The molecule has 0 aliphatic rings. The Balaban J connectivity index is 1.80. The van der Waals surface area contributed by atoms with Crippen molar-refractivity contribution in [3.63, 3.8) is 0 Å². The first-order valence-electron chi connectivity index (χ1n) is 8.80. The van der Waals surface area contributed by atoms with E-state index in [4.69, 9.17) is 4.74 Å². The van der Waals surface area contributed by atoms with Crippen molar-refractivity contribution in [2.24, 2.45) is 0 Å². The smallest absolute Gasteiger partial charge is 0.225 e. The molecule has 0 aliphatic carbocycles. The first-order chi connectivity index (χ1) is 13.2. The van der Waals surface area contributed by atoms with E-state index in [9.17, 15) is 4.79 Å². The van der Waals surface area contributed by atoms with E-state index in [1.165, 1.54) is 0 Å². The predicted molar refractivity (Wildman–Crippen MR) is 109 cm³/mol. The van der Waals surface area contributed by atoms with Crippen molar-refractivity contribution in [1.82, 2.24) is 0 Å². The fraction of sp³-hybridized carbons (Fsp3) is 0.125. The maximum Gasteiger partial charge on any atom is 0.225 e. The second-order valence-electron chi connectivity index (χ2n) is 6.08. The molecule has 0 spiro atoms. The van der Waals surface area contributed by atoms with Gasteiger partial charge in [0.1, 0.15) is 5.75 Å². The molecule has 0 radical (unpaired) electrons. The Morgan fingerprint density at radius 2 is 1.56 bits per heavy atom. The van der Waals surface area contributed by atoms with Gasteiger partial charge in [0.05, 0.1) is 13.0 Å². The van der Waals surface area contributed by atoms with Gasteiger partial charge in [0.2, 0.25) is 5.91 Å². The van der Waals surface area contributed by atoms with Crippen LogP contribution in [0.3, 0.4) is 0 Å². The lowest BCUT2D eigenvalue weighted by Crippen LogP contribution is -2.15. The van der Waals surface area contributed by atoms with Crippen molar-refractivity contribution >= 4 is 11.6 Å². The van der Waals surface area contributed by atoms with Crippen LogP contribution in [0, 0.1) is 11.8 Å². The van der Waals surface area contributed by atoms with Crippen molar-refractivity contribution in [1.29, 1.82) is 0 Å². The second-order valence-corrected chi connectivity index (χ2v) is 6.08. The summed E-state index contributed by atoms with van der Waals surface area (Å²) < 4.78 is 5.22. The number of para-hydroxylation sites is 1. The first-order valence-corrected chi connectivity index (χ1v) is 8.80. The van der Waals surface area contributed by atoms with Gasteiger partial charge in [-0.1, -0.05) is 60.4 Å². The summed E-state index contributed by atoms with van der Waals surface area (Å²) in [7, 11) is 1.63. The van der Waals surface area contributed by atoms with E-state index in [1.807, 2.05) is 84.9 Å². The molecule has 3 aromatic rings. The average Bonchev–Trinajstić information content (AvgIpc) is 2.72. The number of ether oxygens (including phenoxy) is 1. The van der Waals surface area contributed by atoms with Gasteiger partial charge in [0.15, 0.2) is 0 Å². The van der Waals surface area contributed by atoms with E-state index >= 15 is 0 Å². The monoisotopic (exact) mass is 355 g/mol. The molecule has 0 fully saturated rings. The molecule has 0 saturated carbocycles. The van der Waals surface area contributed by atoms with E-state index in [2.05, 4.69) is 17.2 Å². The van der Waals surface area contributed by atoms with E-state index in [0.717, 1.165) is 22.6 Å². The number of rotatable bonds is 5. The number of methoxy groups -OCH3 is 1. The van der Waals surface area contributed by atoms with Gasteiger partial charge in [-0.15, -0.1) is 0 Å². The molecule has 1 N–H and O–H groups in total. The standard InChI is InChI=1S/C24H21NO2/c1-27-23-16-14-20(15-17-23)21(13-12-19-8-4-2-5-9-19)18-24(26)25-22-10-6-3-7-11-22/h2-11,14-17,21H,18H2,1H3,(H,25,26)/t21-/m1/s1. The lowest BCUT2D eigenvalue weighted by Gasteiger charge is -2.12. The number of carbonyl (C=O) groups is 1. The minimum Gasteiger partial charge on any atom is -0.497 e. The first kappa shape index (κ1) is 18.3. The Hall–Kier alpha value is -3.51. The van der Waals surface area contributed by atoms with Gasteiger partial charge >= 0.3 is 0 Å².